The second-order valence-corrected chi connectivity index (χ2v) is 8.02. The van der Waals surface area contributed by atoms with Crippen molar-refractivity contribution < 1.29 is 14.3 Å². The number of carbonyl (C=O) groups excluding carboxylic acids is 1. The molecule has 3 aromatic heterocycles. The molecule has 0 radical (unpaired) electrons. The summed E-state index contributed by atoms with van der Waals surface area (Å²) in [6, 6.07) is 2.05. The highest BCUT2D eigenvalue weighted by Gasteiger charge is 2.35. The van der Waals surface area contributed by atoms with Gasteiger partial charge in [-0.15, -0.1) is 0 Å². The first-order chi connectivity index (χ1) is 15.9. The van der Waals surface area contributed by atoms with Gasteiger partial charge in [-0.1, -0.05) is 18.2 Å². The van der Waals surface area contributed by atoms with Gasteiger partial charge in [-0.3, -0.25) is 9.48 Å². The summed E-state index contributed by atoms with van der Waals surface area (Å²) in [6.45, 7) is 6.73. The predicted molar refractivity (Wildman–Crippen MR) is 121 cm³/mol. The van der Waals surface area contributed by atoms with Crippen molar-refractivity contribution >= 4 is 40.2 Å². The van der Waals surface area contributed by atoms with E-state index in [1.54, 1.807) is 24.4 Å². The number of rotatable bonds is 8. The van der Waals surface area contributed by atoms with Crippen molar-refractivity contribution in [2.45, 2.75) is 19.6 Å². The molecule has 4 rings (SSSR count). The minimum atomic E-state index is -0.167. The van der Waals surface area contributed by atoms with Crippen LogP contribution < -0.4 is 10.1 Å². The van der Waals surface area contributed by atoms with Crippen molar-refractivity contribution in [1.29, 1.82) is 5.26 Å². The number of likely N-dealkylation sites (tertiary alicyclic amines) is 1. The van der Waals surface area contributed by atoms with Crippen LogP contribution in [0.3, 0.4) is 0 Å². The van der Waals surface area contributed by atoms with Crippen LogP contribution in [0.5, 0.6) is 5.88 Å². The first-order valence-corrected chi connectivity index (χ1v) is 10.6. The fraction of sp³-hybridized carbons (Fsp3) is 0.381. The van der Waals surface area contributed by atoms with Gasteiger partial charge in [0, 0.05) is 32.3 Å². The number of carbonyl (C=O) groups is 1. The number of aryl methyl sites for hydroxylation is 1. The molecule has 33 heavy (non-hydrogen) atoms. The molecule has 1 amide bonds. The van der Waals surface area contributed by atoms with Crippen LogP contribution in [0.4, 0.5) is 11.6 Å². The number of methoxy groups -OCH3 is 1. The first-order valence-electron chi connectivity index (χ1n) is 10.2. The minimum Gasteiger partial charge on any atom is -0.477 e. The highest BCUT2D eigenvalue weighted by atomic mass is 35.5. The molecule has 0 bridgehead atoms. The molecular weight excluding hydrogens is 448 g/mol. The Balaban J connectivity index is 1.57. The van der Waals surface area contributed by atoms with Crippen LogP contribution in [0.2, 0.25) is 5.02 Å². The number of hydrogen-bond donors (Lipinski definition) is 2. The van der Waals surface area contributed by atoms with E-state index in [1.165, 1.54) is 10.8 Å². The van der Waals surface area contributed by atoms with Crippen molar-refractivity contribution in [2.75, 3.05) is 32.1 Å². The average Bonchev–Trinajstić information content (AvgIpc) is 3.49. The van der Waals surface area contributed by atoms with Gasteiger partial charge in [-0.25, -0.2) is 0 Å². The van der Waals surface area contributed by atoms with E-state index in [-0.39, 0.29) is 37.0 Å². The number of H-pyrrole nitrogens is 1. The van der Waals surface area contributed by atoms with Gasteiger partial charge in [-0.05, 0) is 13.0 Å². The van der Waals surface area contributed by atoms with Crippen LogP contribution in [0.1, 0.15) is 5.69 Å². The van der Waals surface area contributed by atoms with Crippen molar-refractivity contribution in [3.05, 3.63) is 35.8 Å². The number of fused-ring (bicyclic) bond motifs is 1. The van der Waals surface area contributed by atoms with Crippen LogP contribution >= 0.6 is 11.6 Å². The third-order valence-corrected chi connectivity index (χ3v) is 5.78. The lowest BCUT2D eigenvalue weighted by molar-refractivity contribution is -0.125. The van der Waals surface area contributed by atoms with E-state index in [9.17, 15) is 4.79 Å². The fourth-order valence-corrected chi connectivity index (χ4v) is 4.03. The van der Waals surface area contributed by atoms with Gasteiger partial charge >= 0.3 is 0 Å². The molecule has 4 heterocycles. The molecule has 1 saturated heterocycles. The zero-order valence-corrected chi connectivity index (χ0v) is 19.0. The standard InChI is InChI=1S/C21H23ClN8O3/c1-4-17(31)29-8-13(16(10-29)32-3)11-33-20-18-14(22)7-24-19(18)26-21(27-20)25-15-9-30(6-5-23)28-12(15)2/h4,7,9,13,16H,1,6,8,10-11H2,2-3H3,(H2,24,25,26,27)/t13-,16+/m1/s1. The SMILES string of the molecule is C=CC(=O)N1C[C@H](COc2nc(Nc3cn(CC#N)nc3C)nc3[nH]cc(Cl)c23)[C@@H](OC)C1. The lowest BCUT2D eigenvalue weighted by atomic mass is 10.1. The quantitative estimate of drug-likeness (QED) is 0.479. The Morgan fingerprint density at radius 1 is 1.48 bits per heavy atom. The monoisotopic (exact) mass is 470 g/mol. The molecule has 1 aliphatic rings. The molecule has 0 spiro atoms. The summed E-state index contributed by atoms with van der Waals surface area (Å²) in [5.74, 6) is 0.397. The zero-order valence-electron chi connectivity index (χ0n) is 18.2. The highest BCUT2D eigenvalue weighted by molar-refractivity contribution is 6.35. The Morgan fingerprint density at radius 3 is 3.03 bits per heavy atom. The second kappa shape index (κ2) is 9.48. The van der Waals surface area contributed by atoms with E-state index >= 15 is 0 Å². The number of hydrogen-bond acceptors (Lipinski definition) is 8. The third kappa shape index (κ3) is 4.62. The largest absolute Gasteiger partial charge is 0.477 e. The van der Waals surface area contributed by atoms with Crippen molar-refractivity contribution in [2.24, 2.45) is 5.92 Å². The summed E-state index contributed by atoms with van der Waals surface area (Å²) >= 11 is 6.34. The number of anilines is 2. The zero-order chi connectivity index (χ0) is 23.5. The second-order valence-electron chi connectivity index (χ2n) is 7.61. The molecule has 2 N–H and O–H groups in total. The number of amides is 1. The van der Waals surface area contributed by atoms with E-state index in [0.29, 0.717) is 46.4 Å². The van der Waals surface area contributed by atoms with E-state index in [1.807, 2.05) is 6.92 Å². The minimum absolute atomic E-state index is 0.0514. The maximum absolute atomic E-state index is 12.0. The van der Waals surface area contributed by atoms with E-state index in [4.69, 9.17) is 26.3 Å². The number of nitrogens with zero attached hydrogens (tertiary/aromatic N) is 6. The molecular formula is C21H23ClN8O3. The Bertz CT molecular complexity index is 1230. The lowest BCUT2D eigenvalue weighted by Gasteiger charge is -2.17. The topological polar surface area (TPSA) is 134 Å². The van der Waals surface area contributed by atoms with E-state index in [0.717, 1.165) is 0 Å². The Kier molecular flexibility index (Phi) is 6.48. The smallest absolute Gasteiger partial charge is 0.246 e. The molecule has 1 aliphatic heterocycles. The average molecular weight is 471 g/mol. The van der Waals surface area contributed by atoms with Crippen LogP contribution in [0.15, 0.2) is 25.0 Å². The van der Waals surface area contributed by atoms with Crippen LogP contribution in [-0.2, 0) is 16.1 Å². The van der Waals surface area contributed by atoms with Crippen LogP contribution in [0.25, 0.3) is 11.0 Å². The first kappa shape index (κ1) is 22.6. The third-order valence-electron chi connectivity index (χ3n) is 5.48. The molecule has 0 aromatic carbocycles. The van der Waals surface area contributed by atoms with Crippen molar-refractivity contribution in [3.63, 3.8) is 0 Å². The van der Waals surface area contributed by atoms with Gasteiger partial charge in [0.1, 0.15) is 12.2 Å². The number of ether oxygens (including phenoxy) is 2. The van der Waals surface area contributed by atoms with Gasteiger partial charge in [0.25, 0.3) is 0 Å². The number of aromatic amines is 1. The van der Waals surface area contributed by atoms with Gasteiger partial charge in [0.15, 0.2) is 0 Å². The number of halogens is 1. The summed E-state index contributed by atoms with van der Waals surface area (Å²) in [5, 5.41) is 17.3. The maximum atomic E-state index is 12.0. The van der Waals surface area contributed by atoms with E-state index < -0.39 is 0 Å². The summed E-state index contributed by atoms with van der Waals surface area (Å²) in [6.07, 6.45) is 4.45. The van der Waals surface area contributed by atoms with Crippen molar-refractivity contribution in [1.82, 2.24) is 29.6 Å². The summed E-state index contributed by atoms with van der Waals surface area (Å²) < 4.78 is 13.2. The molecule has 2 atom stereocenters. The predicted octanol–water partition coefficient (Wildman–Crippen LogP) is 2.42. The molecule has 0 aliphatic carbocycles. The van der Waals surface area contributed by atoms with Gasteiger partial charge in [-0.2, -0.15) is 20.3 Å². The Hall–Kier alpha value is -3.62. The molecule has 0 saturated carbocycles. The van der Waals surface area contributed by atoms with Crippen molar-refractivity contribution in [3.8, 4) is 11.9 Å². The lowest BCUT2D eigenvalue weighted by Crippen LogP contribution is -2.28. The Morgan fingerprint density at radius 2 is 2.30 bits per heavy atom. The molecule has 172 valence electrons. The number of nitriles is 1. The van der Waals surface area contributed by atoms with E-state index in [2.05, 4.69) is 38.0 Å². The number of nitrogens with one attached hydrogen (secondary N) is 2. The summed E-state index contributed by atoms with van der Waals surface area (Å²) in [4.78, 5) is 25.7. The molecule has 1 fully saturated rings. The van der Waals surface area contributed by atoms with Gasteiger partial charge < -0.3 is 24.7 Å². The maximum Gasteiger partial charge on any atom is 0.246 e. The van der Waals surface area contributed by atoms with Crippen LogP contribution in [-0.4, -0.2) is 68.4 Å². The normalized spacial score (nSPS) is 17.8. The summed E-state index contributed by atoms with van der Waals surface area (Å²) in [5.41, 5.74) is 1.87. The fourth-order valence-electron chi connectivity index (χ4n) is 3.80. The Labute approximate surface area is 195 Å². The summed E-state index contributed by atoms with van der Waals surface area (Å²) in [7, 11) is 1.61. The van der Waals surface area contributed by atoms with Gasteiger partial charge in [0.2, 0.25) is 17.7 Å². The molecule has 11 nitrogen and oxygen atoms in total. The number of aromatic nitrogens is 5. The highest BCUT2D eigenvalue weighted by Crippen LogP contribution is 2.32. The van der Waals surface area contributed by atoms with Gasteiger partial charge in [0.05, 0.1) is 46.8 Å². The molecule has 0 unspecified atom stereocenters. The molecule has 3 aromatic rings. The van der Waals surface area contributed by atoms with Crippen LogP contribution in [0, 0.1) is 24.2 Å². The molecule has 12 heteroatoms.